The van der Waals surface area contributed by atoms with Crippen LogP contribution in [0.4, 0.5) is 5.69 Å². The summed E-state index contributed by atoms with van der Waals surface area (Å²) < 4.78 is 10.0. The second-order valence-corrected chi connectivity index (χ2v) is 5.70. The molecule has 1 saturated heterocycles. The molecule has 0 amide bonds. The van der Waals surface area contributed by atoms with E-state index < -0.39 is 11.9 Å². The predicted molar refractivity (Wildman–Crippen MR) is 94.1 cm³/mol. The number of aromatic nitrogens is 1. The fourth-order valence-corrected chi connectivity index (χ4v) is 3.01. The number of pyridine rings is 1. The highest BCUT2D eigenvalue weighted by Gasteiger charge is 2.23. The van der Waals surface area contributed by atoms with Crippen LogP contribution in [0.5, 0.6) is 0 Å². The zero-order valence-electron chi connectivity index (χ0n) is 14.4. The van der Waals surface area contributed by atoms with Gasteiger partial charge in [-0.25, -0.2) is 9.59 Å². The second kappa shape index (κ2) is 7.48. The first kappa shape index (κ1) is 17.2. The number of fused-ring (bicyclic) bond motifs is 1. The van der Waals surface area contributed by atoms with E-state index in [4.69, 9.17) is 9.47 Å². The van der Waals surface area contributed by atoms with Crippen molar-refractivity contribution >= 4 is 28.5 Å². The van der Waals surface area contributed by atoms with Crippen LogP contribution < -0.4 is 10.2 Å². The number of methoxy groups -OCH3 is 1. The number of esters is 2. The summed E-state index contributed by atoms with van der Waals surface area (Å²) >= 11 is 0. The first-order valence-corrected chi connectivity index (χ1v) is 8.29. The number of hydrogen-bond acceptors (Lipinski definition) is 7. The number of anilines is 1. The molecule has 0 atom stereocenters. The van der Waals surface area contributed by atoms with E-state index in [1.165, 1.54) is 7.11 Å². The zero-order chi connectivity index (χ0) is 17.8. The lowest BCUT2D eigenvalue weighted by Gasteiger charge is -2.31. The average molecular weight is 343 g/mol. The molecule has 0 bridgehead atoms. The van der Waals surface area contributed by atoms with Gasteiger partial charge in [-0.2, -0.15) is 0 Å². The lowest BCUT2D eigenvalue weighted by molar-refractivity contribution is 0.0525. The van der Waals surface area contributed by atoms with Crippen LogP contribution in [0.25, 0.3) is 10.9 Å². The van der Waals surface area contributed by atoms with E-state index in [1.54, 1.807) is 31.3 Å². The van der Waals surface area contributed by atoms with Crippen molar-refractivity contribution in [1.29, 1.82) is 0 Å². The van der Waals surface area contributed by atoms with Gasteiger partial charge in [0.2, 0.25) is 0 Å². The minimum Gasteiger partial charge on any atom is -0.465 e. The molecule has 2 aromatic rings. The number of benzene rings is 1. The van der Waals surface area contributed by atoms with Crippen LogP contribution in [0.2, 0.25) is 0 Å². The molecular weight excluding hydrogens is 322 g/mol. The van der Waals surface area contributed by atoms with Gasteiger partial charge in [0.1, 0.15) is 5.56 Å². The van der Waals surface area contributed by atoms with Crippen LogP contribution in [-0.4, -0.2) is 56.8 Å². The molecule has 25 heavy (non-hydrogen) atoms. The highest BCUT2D eigenvalue weighted by molar-refractivity contribution is 6.07. The third kappa shape index (κ3) is 3.41. The van der Waals surface area contributed by atoms with Crippen molar-refractivity contribution in [3.63, 3.8) is 0 Å². The molecule has 0 aliphatic carbocycles. The number of piperazine rings is 1. The van der Waals surface area contributed by atoms with E-state index in [9.17, 15) is 9.59 Å². The molecule has 7 heteroatoms. The molecule has 1 fully saturated rings. The number of nitrogens with zero attached hydrogens (tertiary/aromatic N) is 2. The Kier molecular flexibility index (Phi) is 5.14. The van der Waals surface area contributed by atoms with Crippen molar-refractivity contribution in [2.75, 3.05) is 44.8 Å². The topological polar surface area (TPSA) is 80.8 Å². The van der Waals surface area contributed by atoms with Gasteiger partial charge in [0.25, 0.3) is 0 Å². The zero-order valence-corrected chi connectivity index (χ0v) is 14.4. The summed E-state index contributed by atoms with van der Waals surface area (Å²) in [6.45, 7) is 5.22. The standard InChI is InChI=1S/C18H21N3O4/c1-3-25-18(23)14-11-20-15-5-4-12(17(22)24-2)10-13(15)16(14)21-8-6-19-7-9-21/h4-5,10-11,19H,3,6-9H2,1-2H3. The van der Waals surface area contributed by atoms with Crippen LogP contribution in [0.1, 0.15) is 27.6 Å². The number of hydrogen-bond donors (Lipinski definition) is 1. The van der Waals surface area contributed by atoms with E-state index in [1.807, 2.05) is 0 Å². The molecule has 1 aromatic heterocycles. The Bertz CT molecular complexity index is 800. The van der Waals surface area contributed by atoms with Crippen molar-refractivity contribution in [2.45, 2.75) is 6.92 Å². The highest BCUT2D eigenvalue weighted by atomic mass is 16.5. The van der Waals surface area contributed by atoms with E-state index in [2.05, 4.69) is 15.2 Å². The second-order valence-electron chi connectivity index (χ2n) is 5.70. The molecule has 2 heterocycles. The van der Waals surface area contributed by atoms with E-state index in [-0.39, 0.29) is 0 Å². The molecule has 3 rings (SSSR count). The number of nitrogens with one attached hydrogen (secondary N) is 1. The number of ether oxygens (including phenoxy) is 2. The third-order valence-corrected chi connectivity index (χ3v) is 4.19. The Hall–Kier alpha value is -2.67. The fourth-order valence-electron chi connectivity index (χ4n) is 3.01. The van der Waals surface area contributed by atoms with Gasteiger partial charge in [-0.1, -0.05) is 0 Å². The summed E-state index contributed by atoms with van der Waals surface area (Å²) in [5.41, 5.74) is 2.32. The summed E-state index contributed by atoms with van der Waals surface area (Å²) in [4.78, 5) is 30.8. The third-order valence-electron chi connectivity index (χ3n) is 4.19. The first-order chi connectivity index (χ1) is 12.2. The van der Waals surface area contributed by atoms with Gasteiger partial charge in [0.15, 0.2) is 0 Å². The van der Waals surface area contributed by atoms with Gasteiger partial charge < -0.3 is 19.7 Å². The van der Waals surface area contributed by atoms with E-state index in [0.717, 1.165) is 37.3 Å². The fraction of sp³-hybridized carbons (Fsp3) is 0.389. The largest absolute Gasteiger partial charge is 0.465 e. The van der Waals surface area contributed by atoms with E-state index >= 15 is 0 Å². The lowest BCUT2D eigenvalue weighted by atomic mass is 10.0. The molecule has 1 aromatic carbocycles. The van der Waals surface area contributed by atoms with Crippen molar-refractivity contribution in [2.24, 2.45) is 0 Å². The van der Waals surface area contributed by atoms with Crippen molar-refractivity contribution in [3.8, 4) is 0 Å². The predicted octanol–water partition coefficient (Wildman–Crippen LogP) is 1.61. The minimum absolute atomic E-state index is 0.292. The lowest BCUT2D eigenvalue weighted by Crippen LogP contribution is -2.44. The maximum Gasteiger partial charge on any atom is 0.341 e. The number of rotatable bonds is 4. The van der Waals surface area contributed by atoms with Crippen LogP contribution in [0.15, 0.2) is 24.4 Å². The van der Waals surface area contributed by atoms with Gasteiger partial charge in [0.05, 0.1) is 30.5 Å². The summed E-state index contributed by atoms with van der Waals surface area (Å²) in [6.07, 6.45) is 1.55. The SMILES string of the molecule is CCOC(=O)c1cnc2ccc(C(=O)OC)cc2c1N1CCNCC1. The molecule has 7 nitrogen and oxygen atoms in total. The van der Waals surface area contributed by atoms with Crippen molar-refractivity contribution in [3.05, 3.63) is 35.5 Å². The highest BCUT2D eigenvalue weighted by Crippen LogP contribution is 2.31. The molecular formula is C18H21N3O4. The quantitative estimate of drug-likeness (QED) is 0.845. The molecule has 0 radical (unpaired) electrons. The first-order valence-electron chi connectivity index (χ1n) is 8.29. The van der Waals surface area contributed by atoms with Crippen LogP contribution in [0.3, 0.4) is 0 Å². The van der Waals surface area contributed by atoms with Crippen LogP contribution in [-0.2, 0) is 9.47 Å². The Balaban J connectivity index is 2.20. The Morgan fingerprint density at radius 3 is 2.68 bits per heavy atom. The van der Waals surface area contributed by atoms with Crippen molar-refractivity contribution < 1.29 is 19.1 Å². The van der Waals surface area contributed by atoms with Gasteiger partial charge >= 0.3 is 11.9 Å². The molecule has 1 N–H and O–H groups in total. The van der Waals surface area contributed by atoms with Crippen molar-refractivity contribution in [1.82, 2.24) is 10.3 Å². The van der Waals surface area contributed by atoms with Gasteiger partial charge in [-0.15, -0.1) is 0 Å². The Morgan fingerprint density at radius 2 is 2.00 bits per heavy atom. The molecule has 1 aliphatic heterocycles. The molecule has 0 spiro atoms. The summed E-state index contributed by atoms with van der Waals surface area (Å²) in [6, 6.07) is 5.17. The minimum atomic E-state index is -0.422. The maximum atomic E-state index is 12.4. The van der Waals surface area contributed by atoms with Crippen LogP contribution >= 0.6 is 0 Å². The summed E-state index contributed by atoms with van der Waals surface area (Å²) in [7, 11) is 1.34. The molecule has 0 unspecified atom stereocenters. The van der Waals surface area contributed by atoms with E-state index in [0.29, 0.717) is 23.3 Å². The summed E-state index contributed by atoms with van der Waals surface area (Å²) in [5.74, 6) is -0.830. The molecule has 132 valence electrons. The normalized spacial score (nSPS) is 14.4. The van der Waals surface area contributed by atoms with Crippen LogP contribution in [0, 0.1) is 0 Å². The molecule has 1 aliphatic rings. The van der Waals surface area contributed by atoms with Gasteiger partial charge in [-0.05, 0) is 25.1 Å². The summed E-state index contributed by atoms with van der Waals surface area (Å²) in [5, 5.41) is 4.04. The monoisotopic (exact) mass is 343 g/mol. The number of carbonyl (C=O) groups excluding carboxylic acids is 2. The molecule has 0 saturated carbocycles. The smallest absolute Gasteiger partial charge is 0.341 e. The van der Waals surface area contributed by atoms with Gasteiger partial charge in [-0.3, -0.25) is 4.98 Å². The Labute approximate surface area is 145 Å². The Morgan fingerprint density at radius 1 is 1.24 bits per heavy atom. The average Bonchev–Trinajstić information content (AvgIpc) is 2.66. The van der Waals surface area contributed by atoms with Gasteiger partial charge in [0, 0.05) is 37.8 Å². The maximum absolute atomic E-state index is 12.4. The number of carbonyl (C=O) groups is 2.